The molecule has 1 aliphatic rings. The molecule has 6 nitrogen and oxygen atoms in total. The summed E-state index contributed by atoms with van der Waals surface area (Å²) in [6, 6.07) is 11.7. The van der Waals surface area contributed by atoms with Crippen LogP contribution in [0.2, 0.25) is 5.02 Å². The molecule has 0 amide bonds. The SMILES string of the molecule is CCC(c1ccc(Cl)cc1)N1CCN(S(=O)(=O)c2c[nH]c3ncccc23)CC1. The second kappa shape index (κ2) is 7.83. The minimum absolute atomic E-state index is 0.263. The summed E-state index contributed by atoms with van der Waals surface area (Å²) in [5, 5.41) is 1.36. The molecule has 2 aromatic heterocycles. The van der Waals surface area contributed by atoms with E-state index in [0.717, 1.165) is 11.4 Å². The Labute approximate surface area is 170 Å². The fraction of sp³-hybridized carbons (Fsp3) is 0.350. The molecule has 148 valence electrons. The lowest BCUT2D eigenvalue weighted by Gasteiger charge is -2.38. The lowest BCUT2D eigenvalue weighted by atomic mass is 10.0. The van der Waals surface area contributed by atoms with Gasteiger partial charge < -0.3 is 4.98 Å². The van der Waals surface area contributed by atoms with E-state index >= 15 is 0 Å². The maximum Gasteiger partial charge on any atom is 0.245 e. The van der Waals surface area contributed by atoms with Gasteiger partial charge in [0.2, 0.25) is 10.0 Å². The van der Waals surface area contributed by atoms with Crippen LogP contribution in [-0.2, 0) is 10.0 Å². The van der Waals surface area contributed by atoms with E-state index in [1.54, 1.807) is 28.8 Å². The Kier molecular flexibility index (Phi) is 5.42. The van der Waals surface area contributed by atoms with Gasteiger partial charge in [0.25, 0.3) is 0 Å². The predicted molar refractivity (Wildman–Crippen MR) is 111 cm³/mol. The van der Waals surface area contributed by atoms with Crippen LogP contribution in [0.5, 0.6) is 0 Å². The number of sulfonamides is 1. The van der Waals surface area contributed by atoms with Crippen LogP contribution in [0.1, 0.15) is 24.9 Å². The molecule has 0 radical (unpaired) electrons. The number of H-pyrrole nitrogens is 1. The average molecular weight is 419 g/mol. The van der Waals surface area contributed by atoms with Gasteiger partial charge in [-0.05, 0) is 36.2 Å². The summed E-state index contributed by atoms with van der Waals surface area (Å²) in [6.45, 7) is 4.49. The highest BCUT2D eigenvalue weighted by Crippen LogP contribution is 2.29. The maximum atomic E-state index is 13.2. The molecule has 3 heterocycles. The van der Waals surface area contributed by atoms with Crippen molar-refractivity contribution >= 4 is 32.7 Å². The summed E-state index contributed by atoms with van der Waals surface area (Å²) in [4.78, 5) is 9.80. The van der Waals surface area contributed by atoms with Gasteiger partial charge in [0.15, 0.2) is 0 Å². The molecule has 1 saturated heterocycles. The highest BCUT2D eigenvalue weighted by molar-refractivity contribution is 7.89. The van der Waals surface area contributed by atoms with E-state index in [0.29, 0.717) is 42.1 Å². The third kappa shape index (κ3) is 3.55. The number of fused-ring (bicyclic) bond motifs is 1. The first kappa shape index (κ1) is 19.4. The molecule has 1 aromatic carbocycles. The van der Waals surface area contributed by atoms with Crippen LogP contribution in [0.4, 0.5) is 0 Å². The minimum atomic E-state index is -3.55. The number of nitrogens with zero attached hydrogens (tertiary/aromatic N) is 3. The Morgan fingerprint density at radius 3 is 2.54 bits per heavy atom. The van der Waals surface area contributed by atoms with Crippen LogP contribution in [-0.4, -0.2) is 53.8 Å². The van der Waals surface area contributed by atoms with Crippen molar-refractivity contribution in [1.29, 1.82) is 0 Å². The van der Waals surface area contributed by atoms with Crippen LogP contribution < -0.4 is 0 Å². The predicted octanol–water partition coefficient (Wildman–Crippen LogP) is 3.67. The van der Waals surface area contributed by atoms with E-state index < -0.39 is 10.0 Å². The van der Waals surface area contributed by atoms with Crippen LogP contribution in [0.3, 0.4) is 0 Å². The van der Waals surface area contributed by atoms with E-state index in [1.165, 1.54) is 5.56 Å². The van der Waals surface area contributed by atoms with Gasteiger partial charge in [-0.1, -0.05) is 30.7 Å². The zero-order chi connectivity index (χ0) is 19.7. The quantitative estimate of drug-likeness (QED) is 0.686. The lowest BCUT2D eigenvalue weighted by Crippen LogP contribution is -2.49. The van der Waals surface area contributed by atoms with Crippen molar-refractivity contribution in [2.24, 2.45) is 0 Å². The summed E-state index contributed by atoms with van der Waals surface area (Å²) in [7, 11) is -3.55. The first-order valence-corrected chi connectivity index (χ1v) is 11.2. The van der Waals surface area contributed by atoms with Gasteiger partial charge in [0, 0.05) is 55.0 Å². The molecular weight excluding hydrogens is 396 g/mol. The summed E-state index contributed by atoms with van der Waals surface area (Å²) in [5.74, 6) is 0. The average Bonchev–Trinajstić information content (AvgIpc) is 3.15. The van der Waals surface area contributed by atoms with Crippen molar-refractivity contribution in [3.05, 3.63) is 59.4 Å². The minimum Gasteiger partial charge on any atom is -0.345 e. The fourth-order valence-corrected chi connectivity index (χ4v) is 5.63. The van der Waals surface area contributed by atoms with E-state index in [1.807, 2.05) is 12.1 Å². The Balaban J connectivity index is 1.51. The Morgan fingerprint density at radius 2 is 1.86 bits per heavy atom. The molecule has 3 aromatic rings. The van der Waals surface area contributed by atoms with E-state index in [2.05, 4.69) is 33.9 Å². The first-order chi connectivity index (χ1) is 13.5. The number of hydrogen-bond donors (Lipinski definition) is 1. The van der Waals surface area contributed by atoms with Gasteiger partial charge in [0.05, 0.1) is 0 Å². The fourth-order valence-electron chi connectivity index (χ4n) is 3.93. The highest BCUT2D eigenvalue weighted by Gasteiger charge is 2.32. The normalized spacial score (nSPS) is 17.8. The number of nitrogens with one attached hydrogen (secondary N) is 1. The van der Waals surface area contributed by atoms with Gasteiger partial charge in [-0.25, -0.2) is 13.4 Å². The van der Waals surface area contributed by atoms with E-state index in [9.17, 15) is 8.42 Å². The largest absolute Gasteiger partial charge is 0.345 e. The van der Waals surface area contributed by atoms with E-state index in [-0.39, 0.29) is 6.04 Å². The molecule has 1 atom stereocenters. The molecule has 4 rings (SSSR count). The zero-order valence-corrected chi connectivity index (χ0v) is 17.2. The molecule has 1 aliphatic heterocycles. The molecular formula is C20H23ClN4O2S. The van der Waals surface area contributed by atoms with Crippen LogP contribution in [0, 0.1) is 0 Å². The van der Waals surface area contributed by atoms with Gasteiger partial charge in [0.1, 0.15) is 10.5 Å². The molecule has 8 heteroatoms. The van der Waals surface area contributed by atoms with Crippen LogP contribution in [0.25, 0.3) is 11.0 Å². The molecule has 1 fully saturated rings. The Bertz CT molecular complexity index is 1060. The Hall–Kier alpha value is -1.93. The van der Waals surface area contributed by atoms with Crippen molar-refractivity contribution < 1.29 is 8.42 Å². The lowest BCUT2D eigenvalue weighted by molar-refractivity contribution is 0.133. The van der Waals surface area contributed by atoms with Gasteiger partial charge >= 0.3 is 0 Å². The molecule has 0 saturated carbocycles. The molecule has 1 N–H and O–H groups in total. The standard InChI is InChI=1S/C20H23ClN4O2S/c1-2-18(15-5-7-16(21)8-6-15)24-10-12-25(13-11-24)28(26,27)19-14-23-20-17(19)4-3-9-22-20/h3-9,14,18H,2,10-13H2,1H3,(H,22,23). The van der Waals surface area contributed by atoms with Gasteiger partial charge in [-0.3, -0.25) is 4.90 Å². The number of rotatable bonds is 5. The second-order valence-corrected chi connectivity index (χ2v) is 9.31. The molecule has 0 bridgehead atoms. The van der Waals surface area contributed by atoms with Crippen LogP contribution in [0.15, 0.2) is 53.7 Å². The zero-order valence-electron chi connectivity index (χ0n) is 15.7. The van der Waals surface area contributed by atoms with Crippen molar-refractivity contribution in [1.82, 2.24) is 19.2 Å². The van der Waals surface area contributed by atoms with E-state index in [4.69, 9.17) is 11.6 Å². The molecule has 28 heavy (non-hydrogen) atoms. The molecule has 0 spiro atoms. The smallest absolute Gasteiger partial charge is 0.245 e. The topological polar surface area (TPSA) is 69.3 Å². The number of benzene rings is 1. The van der Waals surface area contributed by atoms with Gasteiger partial charge in [-0.2, -0.15) is 4.31 Å². The number of piperazine rings is 1. The van der Waals surface area contributed by atoms with Crippen molar-refractivity contribution in [3.63, 3.8) is 0 Å². The number of aromatic nitrogens is 2. The number of hydrogen-bond acceptors (Lipinski definition) is 4. The number of pyridine rings is 1. The third-order valence-corrected chi connectivity index (χ3v) is 7.58. The molecule has 1 unspecified atom stereocenters. The monoisotopic (exact) mass is 418 g/mol. The Morgan fingerprint density at radius 1 is 1.14 bits per heavy atom. The maximum absolute atomic E-state index is 13.2. The van der Waals surface area contributed by atoms with Gasteiger partial charge in [-0.15, -0.1) is 0 Å². The van der Waals surface area contributed by atoms with Crippen LogP contribution >= 0.6 is 11.6 Å². The number of aromatic amines is 1. The third-order valence-electron chi connectivity index (χ3n) is 5.39. The number of halogens is 1. The summed E-state index contributed by atoms with van der Waals surface area (Å²) < 4.78 is 27.9. The summed E-state index contributed by atoms with van der Waals surface area (Å²) in [5.41, 5.74) is 1.81. The first-order valence-electron chi connectivity index (χ1n) is 9.42. The van der Waals surface area contributed by atoms with Crippen molar-refractivity contribution in [3.8, 4) is 0 Å². The second-order valence-electron chi connectivity index (χ2n) is 6.97. The summed E-state index contributed by atoms with van der Waals surface area (Å²) in [6.07, 6.45) is 4.15. The molecule has 0 aliphatic carbocycles. The van der Waals surface area contributed by atoms with Crippen molar-refractivity contribution in [2.75, 3.05) is 26.2 Å². The van der Waals surface area contributed by atoms with Crippen molar-refractivity contribution in [2.45, 2.75) is 24.3 Å². The highest BCUT2D eigenvalue weighted by atomic mass is 35.5. The summed E-state index contributed by atoms with van der Waals surface area (Å²) >= 11 is 6.01.